The first kappa shape index (κ1) is 15.4. The molecule has 0 atom stereocenters. The maximum absolute atomic E-state index is 12.8. The molecule has 2 aromatic rings. The van der Waals surface area contributed by atoms with Crippen molar-refractivity contribution in [2.24, 2.45) is 0 Å². The van der Waals surface area contributed by atoms with Crippen molar-refractivity contribution in [3.05, 3.63) is 35.2 Å². The summed E-state index contributed by atoms with van der Waals surface area (Å²) in [4.78, 5) is 7.00. The predicted octanol–water partition coefficient (Wildman–Crippen LogP) is 3.83. The van der Waals surface area contributed by atoms with Gasteiger partial charge in [-0.05, 0) is 29.8 Å². The van der Waals surface area contributed by atoms with E-state index in [4.69, 9.17) is 21.1 Å². The van der Waals surface area contributed by atoms with Crippen LogP contribution in [0.25, 0.3) is 11.3 Å². The summed E-state index contributed by atoms with van der Waals surface area (Å²) in [6.07, 6.45) is -4.61. The van der Waals surface area contributed by atoms with Crippen molar-refractivity contribution in [2.45, 2.75) is 6.18 Å². The van der Waals surface area contributed by atoms with E-state index in [-0.39, 0.29) is 5.69 Å². The Hall–Kier alpha value is -2.02. The summed E-state index contributed by atoms with van der Waals surface area (Å²) in [6.45, 7) is 0. The highest BCUT2D eigenvalue weighted by Crippen LogP contribution is 2.35. The number of benzene rings is 1. The first-order valence-electron chi connectivity index (χ1n) is 5.69. The molecule has 0 fully saturated rings. The second-order valence-corrected chi connectivity index (χ2v) is 4.31. The Morgan fingerprint density at radius 3 is 2.33 bits per heavy atom. The second kappa shape index (κ2) is 5.77. The first-order chi connectivity index (χ1) is 9.85. The minimum absolute atomic E-state index is 0.0156. The quantitative estimate of drug-likeness (QED) is 0.807. The van der Waals surface area contributed by atoms with E-state index in [1.807, 2.05) is 0 Å². The molecule has 0 aliphatic rings. The summed E-state index contributed by atoms with van der Waals surface area (Å²) in [7, 11) is 2.86. The van der Waals surface area contributed by atoms with E-state index in [9.17, 15) is 13.2 Å². The number of aromatic nitrogens is 2. The third-order valence-corrected chi connectivity index (χ3v) is 2.84. The Balaban J connectivity index is 2.59. The van der Waals surface area contributed by atoms with Gasteiger partial charge in [0.1, 0.15) is 17.2 Å². The summed E-state index contributed by atoms with van der Waals surface area (Å²) in [5.41, 5.74) is -0.745. The molecular weight excluding hydrogens is 309 g/mol. The van der Waals surface area contributed by atoms with Gasteiger partial charge in [-0.1, -0.05) is 0 Å². The third kappa shape index (κ3) is 3.36. The number of methoxy groups -OCH3 is 2. The summed E-state index contributed by atoms with van der Waals surface area (Å²) < 4.78 is 48.5. The molecule has 2 rings (SSSR count). The third-order valence-electron chi connectivity index (χ3n) is 2.67. The highest BCUT2D eigenvalue weighted by Gasteiger charge is 2.33. The molecule has 8 heteroatoms. The maximum Gasteiger partial charge on any atom is 0.433 e. The molecule has 1 aromatic heterocycles. The molecule has 21 heavy (non-hydrogen) atoms. The standard InChI is InChI=1S/C13H10ClF3N2O2/c1-20-7-3-4-8(10(5-7)21-2)9-6-11(13(15,16)17)19-12(14)18-9/h3-6H,1-2H3. The van der Waals surface area contributed by atoms with E-state index >= 15 is 0 Å². The molecule has 0 spiro atoms. The SMILES string of the molecule is COc1ccc(-c2cc(C(F)(F)F)nc(Cl)n2)c(OC)c1. The maximum atomic E-state index is 12.8. The molecular formula is C13H10ClF3N2O2. The highest BCUT2D eigenvalue weighted by atomic mass is 35.5. The van der Waals surface area contributed by atoms with Crippen molar-refractivity contribution in [1.82, 2.24) is 9.97 Å². The molecule has 0 unspecified atom stereocenters. The molecule has 0 saturated heterocycles. The highest BCUT2D eigenvalue weighted by molar-refractivity contribution is 6.28. The van der Waals surface area contributed by atoms with Gasteiger partial charge in [0.25, 0.3) is 0 Å². The summed E-state index contributed by atoms with van der Waals surface area (Å²) in [5.74, 6) is 0.823. The van der Waals surface area contributed by atoms with Gasteiger partial charge in [0, 0.05) is 11.6 Å². The molecule has 0 amide bonds. The van der Waals surface area contributed by atoms with Crippen molar-refractivity contribution in [1.29, 1.82) is 0 Å². The van der Waals surface area contributed by atoms with Crippen LogP contribution >= 0.6 is 11.6 Å². The minimum Gasteiger partial charge on any atom is -0.497 e. The van der Waals surface area contributed by atoms with Gasteiger partial charge < -0.3 is 9.47 Å². The Morgan fingerprint density at radius 1 is 1.05 bits per heavy atom. The average Bonchev–Trinajstić information content (AvgIpc) is 2.45. The molecule has 1 heterocycles. The van der Waals surface area contributed by atoms with Crippen LogP contribution in [0.15, 0.2) is 24.3 Å². The summed E-state index contributed by atoms with van der Waals surface area (Å²) in [6, 6.07) is 5.48. The fourth-order valence-electron chi connectivity index (χ4n) is 1.71. The van der Waals surface area contributed by atoms with Crippen LogP contribution in [-0.2, 0) is 6.18 Å². The zero-order valence-electron chi connectivity index (χ0n) is 11.0. The Morgan fingerprint density at radius 2 is 1.76 bits per heavy atom. The predicted molar refractivity (Wildman–Crippen MR) is 70.6 cm³/mol. The van der Waals surface area contributed by atoms with Crippen molar-refractivity contribution in [3.63, 3.8) is 0 Å². The van der Waals surface area contributed by atoms with Gasteiger partial charge in [-0.25, -0.2) is 9.97 Å². The van der Waals surface area contributed by atoms with Crippen LogP contribution in [0.3, 0.4) is 0 Å². The number of halogens is 4. The molecule has 0 aliphatic carbocycles. The molecule has 0 aliphatic heterocycles. The van der Waals surface area contributed by atoms with Crippen LogP contribution in [0, 0.1) is 0 Å². The number of nitrogens with zero attached hydrogens (tertiary/aromatic N) is 2. The smallest absolute Gasteiger partial charge is 0.433 e. The van der Waals surface area contributed by atoms with Crippen LogP contribution in [0.5, 0.6) is 11.5 Å². The molecule has 1 aromatic carbocycles. The van der Waals surface area contributed by atoms with E-state index in [0.29, 0.717) is 17.1 Å². The molecule has 0 radical (unpaired) electrons. The number of hydrogen-bond donors (Lipinski definition) is 0. The normalized spacial score (nSPS) is 11.3. The van der Waals surface area contributed by atoms with Crippen LogP contribution < -0.4 is 9.47 Å². The van der Waals surface area contributed by atoms with Gasteiger partial charge in [0.2, 0.25) is 5.28 Å². The fraction of sp³-hybridized carbons (Fsp3) is 0.231. The topological polar surface area (TPSA) is 44.2 Å². The number of ether oxygens (including phenoxy) is 2. The minimum atomic E-state index is -4.61. The lowest BCUT2D eigenvalue weighted by Crippen LogP contribution is -2.09. The molecule has 4 nitrogen and oxygen atoms in total. The van der Waals surface area contributed by atoms with Crippen LogP contribution in [-0.4, -0.2) is 24.2 Å². The van der Waals surface area contributed by atoms with Gasteiger partial charge in [-0.3, -0.25) is 0 Å². The molecule has 0 saturated carbocycles. The monoisotopic (exact) mass is 318 g/mol. The summed E-state index contributed by atoms with van der Waals surface area (Å²) >= 11 is 5.57. The van der Waals surface area contributed by atoms with Crippen molar-refractivity contribution >= 4 is 11.6 Å². The van der Waals surface area contributed by atoms with Crippen molar-refractivity contribution in [3.8, 4) is 22.8 Å². The van der Waals surface area contributed by atoms with E-state index in [1.54, 1.807) is 12.1 Å². The first-order valence-corrected chi connectivity index (χ1v) is 6.07. The number of rotatable bonds is 3. The van der Waals surface area contributed by atoms with Crippen LogP contribution in [0.1, 0.15) is 5.69 Å². The lowest BCUT2D eigenvalue weighted by Gasteiger charge is -2.12. The number of alkyl halides is 3. The van der Waals surface area contributed by atoms with E-state index in [2.05, 4.69) is 9.97 Å². The van der Waals surface area contributed by atoms with Crippen LogP contribution in [0.2, 0.25) is 5.28 Å². The lowest BCUT2D eigenvalue weighted by atomic mass is 10.1. The largest absolute Gasteiger partial charge is 0.497 e. The van der Waals surface area contributed by atoms with E-state index in [0.717, 1.165) is 6.07 Å². The van der Waals surface area contributed by atoms with E-state index in [1.165, 1.54) is 20.3 Å². The van der Waals surface area contributed by atoms with Gasteiger partial charge in [-0.15, -0.1) is 0 Å². The Kier molecular flexibility index (Phi) is 4.22. The fourth-order valence-corrected chi connectivity index (χ4v) is 1.89. The Labute approximate surface area is 123 Å². The van der Waals surface area contributed by atoms with Crippen molar-refractivity contribution in [2.75, 3.05) is 14.2 Å². The number of hydrogen-bond acceptors (Lipinski definition) is 4. The average molecular weight is 319 g/mol. The molecule has 112 valence electrons. The van der Waals surface area contributed by atoms with Gasteiger partial charge in [0.05, 0.1) is 19.9 Å². The second-order valence-electron chi connectivity index (χ2n) is 3.97. The van der Waals surface area contributed by atoms with Gasteiger partial charge in [-0.2, -0.15) is 13.2 Å². The zero-order valence-corrected chi connectivity index (χ0v) is 11.8. The van der Waals surface area contributed by atoms with E-state index < -0.39 is 17.2 Å². The van der Waals surface area contributed by atoms with Gasteiger partial charge in [0.15, 0.2) is 0 Å². The van der Waals surface area contributed by atoms with Crippen molar-refractivity contribution < 1.29 is 22.6 Å². The molecule has 0 N–H and O–H groups in total. The van der Waals surface area contributed by atoms with Gasteiger partial charge >= 0.3 is 6.18 Å². The zero-order chi connectivity index (χ0) is 15.6. The Bertz CT molecular complexity index is 662. The molecule has 0 bridgehead atoms. The lowest BCUT2D eigenvalue weighted by molar-refractivity contribution is -0.141. The summed E-state index contributed by atoms with van der Waals surface area (Å²) in [5, 5.41) is -0.488. The van der Waals surface area contributed by atoms with Crippen LogP contribution in [0.4, 0.5) is 13.2 Å².